The molecule has 0 aliphatic rings. The Morgan fingerprint density at radius 1 is 1.04 bits per heavy atom. The van der Waals surface area contributed by atoms with Crippen molar-refractivity contribution in [3.8, 4) is 11.1 Å². The Hall–Kier alpha value is -3.88. The second-order valence-corrected chi connectivity index (χ2v) is 15.0. The zero-order valence-corrected chi connectivity index (χ0v) is 28.7. The first-order chi connectivity index (χ1) is 21.8. The lowest BCUT2D eigenvalue weighted by molar-refractivity contribution is -0.145. The van der Waals surface area contributed by atoms with Crippen LogP contribution in [0.25, 0.3) is 11.1 Å². The van der Waals surface area contributed by atoms with Crippen LogP contribution in [0.3, 0.4) is 0 Å². The minimum atomic E-state index is -4.03. The Kier molecular flexibility index (Phi) is 13.2. The van der Waals surface area contributed by atoms with E-state index >= 15 is 0 Å². The fourth-order valence-corrected chi connectivity index (χ4v) is 9.02. The monoisotopic (exact) mass is 686 g/mol. The van der Waals surface area contributed by atoms with Crippen molar-refractivity contribution in [1.29, 1.82) is 5.41 Å². The lowest BCUT2D eigenvalue weighted by atomic mass is 9.96. The van der Waals surface area contributed by atoms with Gasteiger partial charge in [-0.1, -0.05) is 64.0 Å². The van der Waals surface area contributed by atoms with Crippen molar-refractivity contribution in [2.24, 2.45) is 28.1 Å². The molecule has 0 radical (unpaired) electrons. The predicted molar refractivity (Wildman–Crippen MR) is 187 cm³/mol. The van der Waals surface area contributed by atoms with Crippen LogP contribution in [0, 0.1) is 18.3 Å². The lowest BCUT2D eigenvalue weighted by Gasteiger charge is -2.18. The molecular formula is C32H42N6O5S3. The Bertz CT molecular complexity index is 1710. The van der Waals surface area contributed by atoms with Gasteiger partial charge in [0.2, 0.25) is 15.7 Å². The van der Waals surface area contributed by atoms with Gasteiger partial charge in [-0.25, -0.2) is 13.4 Å². The molecule has 14 heteroatoms. The zero-order chi connectivity index (χ0) is 34.0. The topological polar surface area (TPSA) is 215 Å². The SMILES string of the molecule is CCCCCCCCCC(C(=O)O)C(=O)Nc1cc(N=C(N)N)cc(C)c1-c1cccc(S(=O)(=O)c2cc(C(=N)N)sc2SC)c1. The largest absolute Gasteiger partial charge is 0.481 e. The van der Waals surface area contributed by atoms with Gasteiger partial charge in [0.15, 0.2) is 5.96 Å². The molecule has 3 rings (SSSR count). The minimum absolute atomic E-state index is 0.000489. The number of guanidine groups is 1. The Morgan fingerprint density at radius 3 is 2.33 bits per heavy atom. The number of hydrogen-bond donors (Lipinski definition) is 6. The maximum absolute atomic E-state index is 13.8. The van der Waals surface area contributed by atoms with Crippen LogP contribution < -0.4 is 22.5 Å². The quantitative estimate of drug-likeness (QED) is 0.0311. The van der Waals surface area contributed by atoms with Crippen LogP contribution >= 0.6 is 23.1 Å². The number of nitrogen functional groups attached to an aromatic ring is 1. The summed E-state index contributed by atoms with van der Waals surface area (Å²) in [7, 11) is -4.03. The Labute approximate surface area is 278 Å². The number of carbonyl (C=O) groups is 2. The van der Waals surface area contributed by atoms with Gasteiger partial charge in [-0.3, -0.25) is 15.0 Å². The van der Waals surface area contributed by atoms with Crippen molar-refractivity contribution in [2.75, 3.05) is 11.6 Å². The summed E-state index contributed by atoms with van der Waals surface area (Å²) in [6.07, 6.45) is 8.88. The van der Waals surface area contributed by atoms with E-state index in [4.69, 9.17) is 22.6 Å². The molecule has 9 N–H and O–H groups in total. The van der Waals surface area contributed by atoms with Crippen molar-refractivity contribution in [3.05, 3.63) is 52.9 Å². The molecule has 2 aromatic carbocycles. The molecule has 11 nitrogen and oxygen atoms in total. The number of nitrogens with zero attached hydrogens (tertiary/aromatic N) is 1. The highest BCUT2D eigenvalue weighted by Gasteiger charge is 2.28. The summed E-state index contributed by atoms with van der Waals surface area (Å²) in [4.78, 5) is 30.1. The van der Waals surface area contributed by atoms with Gasteiger partial charge in [0.05, 0.1) is 30.3 Å². The van der Waals surface area contributed by atoms with E-state index in [1.165, 1.54) is 42.4 Å². The minimum Gasteiger partial charge on any atom is -0.481 e. The van der Waals surface area contributed by atoms with Crippen LogP contribution in [0.2, 0.25) is 0 Å². The number of thiophene rings is 1. The average Bonchev–Trinajstić information content (AvgIpc) is 3.44. The van der Waals surface area contributed by atoms with E-state index in [0.717, 1.165) is 43.4 Å². The third kappa shape index (κ3) is 9.33. The summed E-state index contributed by atoms with van der Waals surface area (Å²) in [5, 5.41) is 20.5. The molecular weight excluding hydrogens is 645 g/mol. The molecule has 0 aliphatic heterocycles. The summed E-state index contributed by atoms with van der Waals surface area (Å²) in [6.45, 7) is 3.90. The molecule has 1 heterocycles. The second-order valence-electron chi connectivity index (χ2n) is 10.9. The van der Waals surface area contributed by atoms with E-state index in [0.29, 0.717) is 37.9 Å². The van der Waals surface area contributed by atoms with Crippen molar-refractivity contribution in [1.82, 2.24) is 0 Å². The normalized spacial score (nSPS) is 12.0. The number of aliphatic carboxylic acids is 1. The summed E-state index contributed by atoms with van der Waals surface area (Å²) < 4.78 is 28.1. The third-order valence-corrected chi connectivity index (χ3v) is 11.7. The molecule has 0 saturated carbocycles. The fraction of sp³-hybridized carbons (Fsp3) is 0.375. The van der Waals surface area contributed by atoms with Gasteiger partial charge in [0.25, 0.3) is 0 Å². The molecule has 1 amide bonds. The van der Waals surface area contributed by atoms with Gasteiger partial charge in [0.1, 0.15) is 11.8 Å². The van der Waals surface area contributed by atoms with Crippen LogP contribution in [0.4, 0.5) is 11.4 Å². The average molecular weight is 687 g/mol. The summed E-state index contributed by atoms with van der Waals surface area (Å²) in [6, 6.07) is 10.9. The Morgan fingerprint density at radius 2 is 1.72 bits per heavy atom. The van der Waals surface area contributed by atoms with Crippen LogP contribution in [0.15, 0.2) is 61.5 Å². The number of aryl methyl sites for hydroxylation is 1. The van der Waals surface area contributed by atoms with Crippen molar-refractivity contribution in [2.45, 2.75) is 79.2 Å². The highest BCUT2D eigenvalue weighted by atomic mass is 32.2. The molecule has 0 aliphatic carbocycles. The van der Waals surface area contributed by atoms with Gasteiger partial charge in [-0.05, 0) is 61.1 Å². The first kappa shape index (κ1) is 36.6. The van der Waals surface area contributed by atoms with Crippen LogP contribution in [0.5, 0.6) is 0 Å². The molecule has 0 bridgehead atoms. The van der Waals surface area contributed by atoms with Gasteiger partial charge in [-0.15, -0.1) is 23.1 Å². The molecule has 46 heavy (non-hydrogen) atoms. The van der Waals surface area contributed by atoms with Crippen LogP contribution in [0.1, 0.15) is 68.7 Å². The lowest BCUT2D eigenvalue weighted by Crippen LogP contribution is -2.29. The number of hydrogen-bond acceptors (Lipinski definition) is 8. The maximum atomic E-state index is 13.8. The van der Waals surface area contributed by atoms with Crippen molar-refractivity contribution in [3.63, 3.8) is 0 Å². The number of amides is 1. The molecule has 0 fully saturated rings. The number of carboxylic acid groups (broad SMARTS) is 1. The first-order valence-electron chi connectivity index (χ1n) is 15.0. The maximum Gasteiger partial charge on any atom is 0.316 e. The van der Waals surface area contributed by atoms with Crippen LogP contribution in [-0.4, -0.2) is 43.5 Å². The number of amidine groups is 1. The number of carbonyl (C=O) groups excluding carboxylic acids is 1. The van der Waals surface area contributed by atoms with Crippen molar-refractivity contribution < 1.29 is 23.1 Å². The van der Waals surface area contributed by atoms with E-state index < -0.39 is 27.6 Å². The highest BCUT2D eigenvalue weighted by molar-refractivity contribution is 8.01. The second kappa shape index (κ2) is 16.6. The number of rotatable bonds is 17. The number of nitrogens with one attached hydrogen (secondary N) is 2. The highest BCUT2D eigenvalue weighted by Crippen LogP contribution is 2.40. The number of unbranched alkanes of at least 4 members (excludes halogenated alkanes) is 6. The summed E-state index contributed by atoms with van der Waals surface area (Å²) in [5.74, 6) is -3.62. The summed E-state index contributed by atoms with van der Waals surface area (Å²) in [5.41, 5.74) is 19.0. The standard InChI is InChI=1S/C32H42N6O5S3/c1-4-5-6-7-8-9-10-14-23(30(40)41)29(39)38-24-17-21(37-32(35)36)15-19(2)27(24)20-12-11-13-22(16-20)46(42,43)26-18-25(28(33)34)45-31(26)44-3/h11-13,15-18,23H,4-10,14H2,1-3H3,(H3,33,34)(H,38,39)(H,40,41)(H4,35,36,37). The van der Waals surface area contributed by atoms with Crippen molar-refractivity contribution >= 4 is 68.0 Å². The molecule has 248 valence electrons. The first-order valence-corrected chi connectivity index (χ1v) is 18.5. The Balaban J connectivity index is 2.01. The fourth-order valence-electron chi connectivity index (χ4n) is 5.12. The van der Waals surface area contributed by atoms with Gasteiger partial charge in [0, 0.05) is 5.56 Å². The number of anilines is 1. The number of benzene rings is 2. The molecule has 1 atom stereocenters. The molecule has 0 spiro atoms. The van der Waals surface area contributed by atoms with Gasteiger partial charge in [-0.2, -0.15) is 0 Å². The van der Waals surface area contributed by atoms with E-state index in [2.05, 4.69) is 17.2 Å². The number of aliphatic imine (C=N–C) groups is 1. The number of carboxylic acids is 1. The smallest absolute Gasteiger partial charge is 0.316 e. The number of nitrogens with two attached hydrogens (primary N) is 3. The van der Waals surface area contributed by atoms with E-state index in [1.807, 2.05) is 0 Å². The number of sulfone groups is 1. The number of thioether (sulfide) groups is 1. The van der Waals surface area contributed by atoms with Gasteiger partial charge >= 0.3 is 5.97 Å². The summed E-state index contributed by atoms with van der Waals surface area (Å²) >= 11 is 2.38. The molecule has 1 unspecified atom stereocenters. The molecule has 1 aromatic heterocycles. The molecule has 3 aromatic rings. The predicted octanol–water partition coefficient (Wildman–Crippen LogP) is 6.25. The van der Waals surface area contributed by atoms with E-state index in [1.54, 1.807) is 31.4 Å². The van der Waals surface area contributed by atoms with Gasteiger partial charge < -0.3 is 27.6 Å². The van der Waals surface area contributed by atoms with E-state index in [9.17, 15) is 23.1 Å². The van der Waals surface area contributed by atoms with E-state index in [-0.39, 0.29) is 33.7 Å². The zero-order valence-electron chi connectivity index (χ0n) is 26.3. The molecule has 0 saturated heterocycles. The third-order valence-electron chi connectivity index (χ3n) is 7.39. The van der Waals surface area contributed by atoms with Crippen LogP contribution in [-0.2, 0) is 19.4 Å².